The van der Waals surface area contributed by atoms with Crippen molar-refractivity contribution in [2.45, 2.75) is 64.4 Å². The molecule has 0 aromatic rings. The normalized spacial score (nSPS) is 21.0. The molecule has 1 saturated carbocycles. The second-order valence-corrected chi connectivity index (χ2v) is 4.26. The van der Waals surface area contributed by atoms with E-state index in [-0.39, 0.29) is 12.1 Å². The third-order valence-corrected chi connectivity index (χ3v) is 2.80. The quantitative estimate of drug-likeness (QED) is 0.627. The van der Waals surface area contributed by atoms with E-state index in [0.29, 0.717) is 18.6 Å². The summed E-state index contributed by atoms with van der Waals surface area (Å²) in [5.74, 6) is 0.203. The van der Waals surface area contributed by atoms with Gasteiger partial charge in [-0.05, 0) is 38.5 Å². The largest absolute Gasteiger partial charge is 0.463 e. The molecule has 15 heavy (non-hydrogen) atoms. The summed E-state index contributed by atoms with van der Waals surface area (Å²) in [6.45, 7) is 1.46. The average molecular weight is 212 g/mol. The second-order valence-electron chi connectivity index (χ2n) is 4.26. The minimum atomic E-state index is -0.187. The van der Waals surface area contributed by atoms with Crippen molar-refractivity contribution in [3.8, 4) is 0 Å². The minimum absolute atomic E-state index is 0.0794. The van der Waals surface area contributed by atoms with Crippen LogP contribution in [0.3, 0.4) is 0 Å². The number of rotatable bonds is 1. The molecule has 0 radical (unpaired) electrons. The Hall–Kier alpha value is -0.860. The van der Waals surface area contributed by atoms with Crippen LogP contribution in [0.5, 0.6) is 0 Å². The SMILES string of the molecule is CC(=O)OC1CCCCC(=O)CCCC1. The number of ether oxygens (including phenoxy) is 1. The number of ketones is 1. The molecule has 0 unspecified atom stereocenters. The maximum absolute atomic E-state index is 11.3. The number of esters is 1. The van der Waals surface area contributed by atoms with E-state index in [1.54, 1.807) is 0 Å². The van der Waals surface area contributed by atoms with E-state index in [0.717, 1.165) is 38.5 Å². The van der Waals surface area contributed by atoms with E-state index in [9.17, 15) is 9.59 Å². The summed E-state index contributed by atoms with van der Waals surface area (Å²) in [5.41, 5.74) is 0. The topological polar surface area (TPSA) is 43.4 Å². The van der Waals surface area contributed by atoms with Gasteiger partial charge in [-0.2, -0.15) is 0 Å². The molecule has 0 aromatic carbocycles. The molecule has 0 heterocycles. The fourth-order valence-electron chi connectivity index (χ4n) is 2.01. The van der Waals surface area contributed by atoms with Crippen molar-refractivity contribution < 1.29 is 14.3 Å². The molecule has 3 heteroatoms. The Morgan fingerprint density at radius 1 is 1.13 bits per heavy atom. The van der Waals surface area contributed by atoms with E-state index in [4.69, 9.17) is 4.74 Å². The predicted molar refractivity (Wildman–Crippen MR) is 57.5 cm³/mol. The summed E-state index contributed by atoms with van der Waals surface area (Å²) in [5, 5.41) is 0. The monoisotopic (exact) mass is 212 g/mol. The highest BCUT2D eigenvalue weighted by atomic mass is 16.5. The standard InChI is InChI=1S/C12H20O3/c1-10(13)15-12-8-4-2-6-11(14)7-3-5-9-12/h12H,2-9H2,1H3. The third-order valence-electron chi connectivity index (χ3n) is 2.80. The first-order valence-corrected chi connectivity index (χ1v) is 5.87. The molecule has 0 atom stereocenters. The molecular formula is C12H20O3. The zero-order valence-electron chi connectivity index (χ0n) is 9.46. The summed E-state index contributed by atoms with van der Waals surface area (Å²) in [7, 11) is 0. The van der Waals surface area contributed by atoms with Crippen LogP contribution >= 0.6 is 0 Å². The van der Waals surface area contributed by atoms with Crippen molar-refractivity contribution in [1.29, 1.82) is 0 Å². The smallest absolute Gasteiger partial charge is 0.302 e. The number of hydrogen-bond acceptors (Lipinski definition) is 3. The zero-order chi connectivity index (χ0) is 11.1. The van der Waals surface area contributed by atoms with Crippen LogP contribution in [-0.2, 0) is 14.3 Å². The molecule has 1 fully saturated rings. The molecule has 0 aromatic heterocycles. The van der Waals surface area contributed by atoms with Crippen LogP contribution in [0.25, 0.3) is 0 Å². The van der Waals surface area contributed by atoms with Gasteiger partial charge in [-0.25, -0.2) is 0 Å². The molecule has 1 aliphatic rings. The van der Waals surface area contributed by atoms with E-state index in [1.165, 1.54) is 6.92 Å². The lowest BCUT2D eigenvalue weighted by atomic mass is 9.98. The Morgan fingerprint density at radius 3 is 2.13 bits per heavy atom. The van der Waals surface area contributed by atoms with Crippen molar-refractivity contribution in [3.63, 3.8) is 0 Å². The van der Waals surface area contributed by atoms with Crippen LogP contribution in [0.4, 0.5) is 0 Å². The Kier molecular flexibility index (Phi) is 5.37. The van der Waals surface area contributed by atoms with E-state index < -0.39 is 0 Å². The van der Waals surface area contributed by atoms with Crippen LogP contribution in [0.1, 0.15) is 58.3 Å². The van der Waals surface area contributed by atoms with Gasteiger partial charge < -0.3 is 4.74 Å². The van der Waals surface area contributed by atoms with Gasteiger partial charge in [-0.3, -0.25) is 9.59 Å². The van der Waals surface area contributed by atoms with Crippen LogP contribution < -0.4 is 0 Å². The van der Waals surface area contributed by atoms with Gasteiger partial charge in [0.15, 0.2) is 0 Å². The van der Waals surface area contributed by atoms with Crippen molar-refractivity contribution in [2.24, 2.45) is 0 Å². The zero-order valence-corrected chi connectivity index (χ0v) is 9.46. The Bertz CT molecular complexity index is 209. The first-order chi connectivity index (χ1) is 7.18. The highest BCUT2D eigenvalue weighted by Gasteiger charge is 2.14. The van der Waals surface area contributed by atoms with Gasteiger partial charge in [0.25, 0.3) is 0 Å². The fraction of sp³-hybridized carbons (Fsp3) is 0.833. The molecule has 86 valence electrons. The van der Waals surface area contributed by atoms with Gasteiger partial charge in [0.05, 0.1) is 0 Å². The minimum Gasteiger partial charge on any atom is -0.463 e. The highest BCUT2D eigenvalue weighted by molar-refractivity contribution is 5.78. The van der Waals surface area contributed by atoms with Gasteiger partial charge in [0.1, 0.15) is 11.9 Å². The summed E-state index contributed by atoms with van der Waals surface area (Å²) in [6, 6.07) is 0. The second kappa shape index (κ2) is 6.59. The van der Waals surface area contributed by atoms with E-state index in [1.807, 2.05) is 0 Å². The average Bonchev–Trinajstić information content (AvgIpc) is 2.18. The van der Waals surface area contributed by atoms with Crippen molar-refractivity contribution in [1.82, 2.24) is 0 Å². The summed E-state index contributed by atoms with van der Waals surface area (Å²) in [6.07, 6.45) is 7.16. The lowest BCUT2D eigenvalue weighted by Gasteiger charge is -2.17. The van der Waals surface area contributed by atoms with Crippen molar-refractivity contribution in [3.05, 3.63) is 0 Å². The van der Waals surface area contributed by atoms with Gasteiger partial charge >= 0.3 is 5.97 Å². The lowest BCUT2D eigenvalue weighted by molar-refractivity contribution is -0.147. The van der Waals surface area contributed by atoms with Gasteiger partial charge in [-0.15, -0.1) is 0 Å². The third kappa shape index (κ3) is 5.55. The first-order valence-electron chi connectivity index (χ1n) is 5.87. The molecule has 0 amide bonds. The highest BCUT2D eigenvalue weighted by Crippen LogP contribution is 2.17. The maximum Gasteiger partial charge on any atom is 0.302 e. The molecule has 1 rings (SSSR count). The Morgan fingerprint density at radius 2 is 1.67 bits per heavy atom. The van der Waals surface area contributed by atoms with Crippen LogP contribution in [-0.4, -0.2) is 17.9 Å². The Balaban J connectivity index is 2.34. The van der Waals surface area contributed by atoms with E-state index >= 15 is 0 Å². The van der Waals surface area contributed by atoms with E-state index in [2.05, 4.69) is 0 Å². The number of Topliss-reactive ketones (excluding diaryl/α,β-unsaturated/α-hetero) is 1. The summed E-state index contributed by atoms with van der Waals surface area (Å²) in [4.78, 5) is 22.1. The van der Waals surface area contributed by atoms with Crippen molar-refractivity contribution in [2.75, 3.05) is 0 Å². The molecule has 0 N–H and O–H groups in total. The van der Waals surface area contributed by atoms with Crippen molar-refractivity contribution >= 4 is 11.8 Å². The molecule has 0 spiro atoms. The Labute approximate surface area is 91.2 Å². The molecule has 3 nitrogen and oxygen atoms in total. The fourth-order valence-corrected chi connectivity index (χ4v) is 2.01. The molecular weight excluding hydrogens is 192 g/mol. The lowest BCUT2D eigenvalue weighted by Crippen LogP contribution is -2.17. The molecule has 0 saturated heterocycles. The van der Waals surface area contributed by atoms with Gasteiger partial charge in [-0.1, -0.05) is 0 Å². The predicted octanol–water partition coefficient (Wildman–Crippen LogP) is 2.62. The molecule has 0 bridgehead atoms. The maximum atomic E-state index is 11.3. The van der Waals surface area contributed by atoms with Crippen LogP contribution in [0, 0.1) is 0 Å². The number of carbonyl (C=O) groups excluding carboxylic acids is 2. The van der Waals surface area contributed by atoms with Crippen LogP contribution in [0.15, 0.2) is 0 Å². The molecule has 1 aliphatic carbocycles. The van der Waals surface area contributed by atoms with Gasteiger partial charge in [0.2, 0.25) is 0 Å². The van der Waals surface area contributed by atoms with Gasteiger partial charge in [0, 0.05) is 19.8 Å². The number of hydrogen-bond donors (Lipinski definition) is 0. The van der Waals surface area contributed by atoms with Crippen LogP contribution in [0.2, 0.25) is 0 Å². The molecule has 0 aliphatic heterocycles. The number of carbonyl (C=O) groups is 2. The first kappa shape index (κ1) is 12.2. The summed E-state index contributed by atoms with van der Waals surface area (Å²) >= 11 is 0. The summed E-state index contributed by atoms with van der Waals surface area (Å²) < 4.78 is 5.23.